The number of hydrogen-bond acceptors (Lipinski definition) is 2. The van der Waals surface area contributed by atoms with Crippen molar-refractivity contribution in [2.24, 2.45) is 7.05 Å². The zero-order valence-electron chi connectivity index (χ0n) is 8.45. The molecule has 2 aromatic rings. The molecule has 1 aromatic carbocycles. The molecule has 0 saturated heterocycles. The monoisotopic (exact) mass is 222 g/mol. The van der Waals surface area contributed by atoms with E-state index >= 15 is 0 Å². The van der Waals surface area contributed by atoms with Gasteiger partial charge in [-0.1, -0.05) is 0 Å². The third kappa shape index (κ3) is 1.98. The SMILES string of the molecule is Cn1nc(-c2cc(F)cc(F)c2)ccc1=O. The highest BCUT2D eigenvalue weighted by Gasteiger charge is 2.05. The second-order valence-electron chi connectivity index (χ2n) is 3.34. The fourth-order valence-corrected chi connectivity index (χ4v) is 1.36. The minimum atomic E-state index is -0.675. The van der Waals surface area contributed by atoms with Crippen molar-refractivity contribution in [3.63, 3.8) is 0 Å². The zero-order valence-corrected chi connectivity index (χ0v) is 8.45. The summed E-state index contributed by atoms with van der Waals surface area (Å²) >= 11 is 0. The van der Waals surface area contributed by atoms with E-state index in [1.165, 1.54) is 19.2 Å². The highest BCUT2D eigenvalue weighted by molar-refractivity contribution is 5.58. The molecule has 0 aliphatic heterocycles. The molecule has 82 valence electrons. The molecule has 3 nitrogen and oxygen atoms in total. The lowest BCUT2D eigenvalue weighted by molar-refractivity contribution is 0.583. The number of halogens is 2. The predicted octanol–water partition coefficient (Wildman–Crippen LogP) is 1.73. The number of rotatable bonds is 1. The standard InChI is InChI=1S/C11H8F2N2O/c1-15-11(16)3-2-10(14-15)7-4-8(12)6-9(13)5-7/h2-6H,1H3. The van der Waals surface area contributed by atoms with Gasteiger partial charge in [0.25, 0.3) is 5.56 Å². The summed E-state index contributed by atoms with van der Waals surface area (Å²) in [5.41, 5.74) is 0.370. The van der Waals surface area contributed by atoms with Crippen LogP contribution in [0.15, 0.2) is 35.1 Å². The Morgan fingerprint density at radius 1 is 1.12 bits per heavy atom. The van der Waals surface area contributed by atoms with Gasteiger partial charge < -0.3 is 0 Å². The lowest BCUT2D eigenvalue weighted by atomic mass is 10.1. The molecule has 0 atom stereocenters. The second-order valence-corrected chi connectivity index (χ2v) is 3.34. The van der Waals surface area contributed by atoms with Crippen LogP contribution in [0.25, 0.3) is 11.3 Å². The van der Waals surface area contributed by atoms with Crippen molar-refractivity contribution in [1.29, 1.82) is 0 Å². The average Bonchev–Trinajstić information content (AvgIpc) is 2.20. The predicted molar refractivity (Wildman–Crippen MR) is 54.8 cm³/mol. The van der Waals surface area contributed by atoms with Crippen LogP contribution in [-0.2, 0) is 7.05 Å². The third-order valence-electron chi connectivity index (χ3n) is 2.12. The van der Waals surface area contributed by atoms with Crippen LogP contribution in [0.4, 0.5) is 8.78 Å². The topological polar surface area (TPSA) is 34.9 Å². The molecule has 5 heteroatoms. The van der Waals surface area contributed by atoms with Crippen LogP contribution < -0.4 is 5.56 Å². The molecule has 0 aliphatic carbocycles. The number of hydrogen-bond donors (Lipinski definition) is 0. The summed E-state index contributed by atoms with van der Waals surface area (Å²) < 4.78 is 27.0. The van der Waals surface area contributed by atoms with E-state index in [2.05, 4.69) is 5.10 Å². The Morgan fingerprint density at radius 2 is 1.75 bits per heavy atom. The first kappa shape index (κ1) is 10.5. The fourth-order valence-electron chi connectivity index (χ4n) is 1.36. The van der Waals surface area contributed by atoms with Gasteiger partial charge in [-0.2, -0.15) is 5.10 Å². The highest BCUT2D eigenvalue weighted by atomic mass is 19.1. The molecule has 0 bridgehead atoms. The lowest BCUT2D eigenvalue weighted by Crippen LogP contribution is -2.18. The minimum Gasteiger partial charge on any atom is -0.268 e. The van der Waals surface area contributed by atoms with Crippen molar-refractivity contribution in [2.45, 2.75) is 0 Å². The molecule has 0 saturated carbocycles. The van der Waals surface area contributed by atoms with Crippen LogP contribution in [0.2, 0.25) is 0 Å². The molecule has 0 aliphatic rings. The van der Waals surface area contributed by atoms with Crippen LogP contribution >= 0.6 is 0 Å². The van der Waals surface area contributed by atoms with E-state index in [9.17, 15) is 13.6 Å². The summed E-state index contributed by atoms with van der Waals surface area (Å²) in [6.07, 6.45) is 0. The second kappa shape index (κ2) is 3.84. The summed E-state index contributed by atoms with van der Waals surface area (Å²) in [6.45, 7) is 0. The van der Waals surface area contributed by atoms with Gasteiger partial charge in [0.05, 0.1) is 5.69 Å². The minimum absolute atomic E-state index is 0.277. The maximum Gasteiger partial charge on any atom is 0.266 e. The molecule has 0 radical (unpaired) electrons. The first-order chi connectivity index (χ1) is 7.56. The van der Waals surface area contributed by atoms with E-state index in [0.29, 0.717) is 11.3 Å². The molecular formula is C11H8F2N2O. The van der Waals surface area contributed by atoms with Crippen molar-refractivity contribution in [1.82, 2.24) is 9.78 Å². The Hall–Kier alpha value is -2.04. The molecule has 0 amide bonds. The molecule has 0 fully saturated rings. The van der Waals surface area contributed by atoms with E-state index in [-0.39, 0.29) is 5.56 Å². The quantitative estimate of drug-likeness (QED) is 0.736. The summed E-state index contributed by atoms with van der Waals surface area (Å²) in [6, 6.07) is 5.83. The van der Waals surface area contributed by atoms with E-state index in [1.54, 1.807) is 0 Å². The van der Waals surface area contributed by atoms with Crippen LogP contribution in [0.1, 0.15) is 0 Å². The Morgan fingerprint density at radius 3 is 2.31 bits per heavy atom. The Balaban J connectivity index is 2.58. The number of aromatic nitrogens is 2. The van der Waals surface area contributed by atoms with E-state index < -0.39 is 11.6 Å². The molecular weight excluding hydrogens is 214 g/mol. The van der Waals surface area contributed by atoms with Gasteiger partial charge in [-0.3, -0.25) is 4.79 Å². The maximum absolute atomic E-state index is 13.0. The van der Waals surface area contributed by atoms with Gasteiger partial charge in [0, 0.05) is 24.7 Å². The summed E-state index contributed by atoms with van der Waals surface area (Å²) in [4.78, 5) is 11.1. The van der Waals surface area contributed by atoms with Gasteiger partial charge in [-0.15, -0.1) is 0 Å². The normalized spacial score (nSPS) is 10.4. The zero-order chi connectivity index (χ0) is 11.7. The molecule has 0 unspecified atom stereocenters. The van der Waals surface area contributed by atoms with Gasteiger partial charge in [0.15, 0.2) is 0 Å². The summed E-state index contributed by atoms with van der Waals surface area (Å²) in [5.74, 6) is -1.35. The Labute approximate surface area is 90.0 Å². The van der Waals surface area contributed by atoms with Gasteiger partial charge in [0.2, 0.25) is 0 Å². The first-order valence-corrected chi connectivity index (χ1v) is 4.57. The summed E-state index contributed by atoms with van der Waals surface area (Å²) in [5, 5.41) is 3.90. The van der Waals surface area contributed by atoms with Gasteiger partial charge in [-0.25, -0.2) is 13.5 Å². The van der Waals surface area contributed by atoms with Crippen LogP contribution in [0, 0.1) is 11.6 Å². The molecule has 1 heterocycles. The van der Waals surface area contributed by atoms with Crippen LogP contribution in [-0.4, -0.2) is 9.78 Å². The van der Waals surface area contributed by atoms with Gasteiger partial charge >= 0.3 is 0 Å². The average molecular weight is 222 g/mol. The van der Waals surface area contributed by atoms with Gasteiger partial charge in [0.1, 0.15) is 11.6 Å². The number of nitrogens with zero attached hydrogens (tertiary/aromatic N) is 2. The van der Waals surface area contributed by atoms with E-state index in [4.69, 9.17) is 0 Å². The largest absolute Gasteiger partial charge is 0.268 e. The molecule has 2 rings (SSSR count). The molecule has 16 heavy (non-hydrogen) atoms. The van der Waals surface area contributed by atoms with Crippen molar-refractivity contribution in [2.75, 3.05) is 0 Å². The Kier molecular flexibility index (Phi) is 2.52. The summed E-state index contributed by atoms with van der Waals surface area (Å²) in [7, 11) is 1.47. The molecule has 0 N–H and O–H groups in total. The Bertz CT molecular complexity index is 573. The van der Waals surface area contributed by atoms with Crippen LogP contribution in [0.3, 0.4) is 0 Å². The third-order valence-corrected chi connectivity index (χ3v) is 2.12. The van der Waals surface area contributed by atoms with Crippen molar-refractivity contribution in [3.05, 3.63) is 52.3 Å². The van der Waals surface area contributed by atoms with E-state index in [0.717, 1.165) is 22.9 Å². The maximum atomic E-state index is 13.0. The molecule has 1 aromatic heterocycles. The smallest absolute Gasteiger partial charge is 0.266 e. The lowest BCUT2D eigenvalue weighted by Gasteiger charge is -2.03. The van der Waals surface area contributed by atoms with E-state index in [1.807, 2.05) is 0 Å². The number of benzene rings is 1. The number of aryl methyl sites for hydroxylation is 1. The fraction of sp³-hybridized carbons (Fsp3) is 0.0909. The van der Waals surface area contributed by atoms with Gasteiger partial charge in [-0.05, 0) is 18.2 Å². The highest BCUT2D eigenvalue weighted by Crippen LogP contribution is 2.18. The first-order valence-electron chi connectivity index (χ1n) is 4.57. The van der Waals surface area contributed by atoms with Crippen molar-refractivity contribution in [3.8, 4) is 11.3 Å². The van der Waals surface area contributed by atoms with Crippen molar-refractivity contribution < 1.29 is 8.78 Å². The molecule has 0 spiro atoms. The van der Waals surface area contributed by atoms with Crippen LogP contribution in [0.5, 0.6) is 0 Å². The van der Waals surface area contributed by atoms with Crippen molar-refractivity contribution >= 4 is 0 Å².